The van der Waals surface area contributed by atoms with E-state index in [0.717, 1.165) is 30.4 Å². The highest BCUT2D eigenvalue weighted by Gasteiger charge is 2.50. The summed E-state index contributed by atoms with van der Waals surface area (Å²) in [5, 5.41) is 0. The van der Waals surface area contributed by atoms with Gasteiger partial charge in [-0.3, -0.25) is 14.5 Å². The second-order valence-electron chi connectivity index (χ2n) is 8.32. The van der Waals surface area contributed by atoms with Crippen molar-refractivity contribution >= 4 is 17.6 Å². The summed E-state index contributed by atoms with van der Waals surface area (Å²) in [4.78, 5) is 32.1. The molecule has 34 heavy (non-hydrogen) atoms. The van der Waals surface area contributed by atoms with E-state index in [0.29, 0.717) is 18.7 Å². The lowest BCUT2D eigenvalue weighted by molar-refractivity contribution is -0.130. The number of nitrogens with zero attached hydrogens (tertiary/aromatic N) is 2. The molecule has 6 heteroatoms. The lowest BCUT2D eigenvalue weighted by Gasteiger charge is -2.27. The molecule has 1 heterocycles. The van der Waals surface area contributed by atoms with Crippen LogP contribution in [0.4, 0.5) is 0 Å². The fraction of sp³-hybridized carbons (Fsp3) is 0.250. The smallest absolute Gasteiger partial charge is 0.266 e. The van der Waals surface area contributed by atoms with Gasteiger partial charge < -0.3 is 10.5 Å². The van der Waals surface area contributed by atoms with Crippen molar-refractivity contribution < 1.29 is 14.3 Å². The van der Waals surface area contributed by atoms with Gasteiger partial charge in [0.15, 0.2) is 17.3 Å². The number of rotatable bonds is 11. The Morgan fingerprint density at radius 3 is 1.97 bits per heavy atom. The maximum absolute atomic E-state index is 13.7. The first-order valence-electron chi connectivity index (χ1n) is 11.6. The van der Waals surface area contributed by atoms with E-state index in [9.17, 15) is 9.59 Å². The Kier molecular flexibility index (Phi) is 7.38. The summed E-state index contributed by atoms with van der Waals surface area (Å²) in [5.41, 5.74) is 6.68. The van der Waals surface area contributed by atoms with Crippen LogP contribution in [-0.4, -0.2) is 35.7 Å². The van der Waals surface area contributed by atoms with Gasteiger partial charge in [-0.05, 0) is 36.1 Å². The Morgan fingerprint density at radius 2 is 1.38 bits per heavy atom. The molecule has 0 unspecified atom stereocenters. The number of hydrogen-bond donors (Lipinski definition) is 1. The molecule has 0 saturated carbocycles. The van der Waals surface area contributed by atoms with Gasteiger partial charge in [0.1, 0.15) is 12.4 Å². The summed E-state index contributed by atoms with van der Waals surface area (Å²) in [5.74, 6) is 0.840. The first-order chi connectivity index (χ1) is 16.6. The molecule has 0 atom stereocenters. The van der Waals surface area contributed by atoms with Gasteiger partial charge in [0.05, 0.1) is 0 Å². The van der Waals surface area contributed by atoms with Gasteiger partial charge in [-0.2, -0.15) is 0 Å². The molecule has 174 valence electrons. The maximum atomic E-state index is 13.7. The number of benzene rings is 3. The number of ketones is 1. The van der Waals surface area contributed by atoms with Crippen molar-refractivity contribution in [3.63, 3.8) is 0 Å². The van der Waals surface area contributed by atoms with Gasteiger partial charge in [-0.15, -0.1) is 0 Å². The molecule has 4 rings (SSSR count). The van der Waals surface area contributed by atoms with Crippen LogP contribution in [0.5, 0.6) is 5.75 Å². The van der Waals surface area contributed by atoms with Gasteiger partial charge in [-0.25, -0.2) is 4.99 Å². The lowest BCUT2D eigenvalue weighted by Crippen LogP contribution is -2.44. The van der Waals surface area contributed by atoms with Crippen molar-refractivity contribution in [2.75, 3.05) is 13.2 Å². The topological polar surface area (TPSA) is 85.0 Å². The van der Waals surface area contributed by atoms with Crippen LogP contribution in [-0.2, 0) is 15.1 Å². The summed E-state index contributed by atoms with van der Waals surface area (Å²) in [6.07, 6.45) is 2.72. The number of carbonyl (C=O) groups excluding carboxylic acids is 2. The van der Waals surface area contributed by atoms with Crippen LogP contribution in [0.15, 0.2) is 96.0 Å². The van der Waals surface area contributed by atoms with Crippen molar-refractivity contribution in [1.29, 1.82) is 0 Å². The van der Waals surface area contributed by atoms with E-state index >= 15 is 0 Å². The van der Waals surface area contributed by atoms with E-state index in [4.69, 9.17) is 15.5 Å². The number of nitrogens with two attached hydrogens (primary N) is 1. The summed E-state index contributed by atoms with van der Waals surface area (Å²) in [7, 11) is 0. The molecule has 0 bridgehead atoms. The number of aliphatic imine (C=N–C) groups is 1. The van der Waals surface area contributed by atoms with Crippen LogP contribution >= 0.6 is 0 Å². The largest absolute Gasteiger partial charge is 0.486 e. The molecule has 1 amide bonds. The fourth-order valence-corrected chi connectivity index (χ4v) is 4.22. The highest BCUT2D eigenvalue weighted by molar-refractivity contribution is 6.09. The number of ether oxygens (including phenoxy) is 1. The van der Waals surface area contributed by atoms with Crippen molar-refractivity contribution in [3.8, 4) is 5.75 Å². The predicted molar refractivity (Wildman–Crippen MR) is 132 cm³/mol. The molecule has 0 aromatic heterocycles. The van der Waals surface area contributed by atoms with Crippen LogP contribution in [0.3, 0.4) is 0 Å². The summed E-state index contributed by atoms with van der Waals surface area (Å²) in [6.45, 7) is 0.537. The molecule has 1 aliphatic rings. The highest BCUT2D eigenvalue weighted by atomic mass is 16.5. The Bertz CT molecular complexity index is 1090. The molecule has 0 saturated heterocycles. The molecule has 0 aliphatic carbocycles. The number of carbonyl (C=O) groups is 2. The van der Waals surface area contributed by atoms with E-state index in [1.807, 2.05) is 91.0 Å². The average Bonchev–Trinajstić information content (AvgIpc) is 3.14. The summed E-state index contributed by atoms with van der Waals surface area (Å²) in [6, 6.07) is 28.4. The third kappa shape index (κ3) is 5.01. The minimum Gasteiger partial charge on any atom is -0.486 e. The molecule has 0 radical (unpaired) electrons. The lowest BCUT2D eigenvalue weighted by atomic mass is 9.83. The molecular weight excluding hydrogens is 426 g/mol. The second-order valence-corrected chi connectivity index (χ2v) is 8.32. The van der Waals surface area contributed by atoms with E-state index < -0.39 is 5.54 Å². The van der Waals surface area contributed by atoms with E-state index in [2.05, 4.69) is 0 Å². The first-order valence-corrected chi connectivity index (χ1v) is 11.6. The molecular formula is C28H29N3O3. The number of guanidine groups is 1. The molecule has 3 aromatic carbocycles. The third-order valence-corrected chi connectivity index (χ3v) is 5.98. The Balaban J connectivity index is 1.33. The normalized spacial score (nSPS) is 14.6. The van der Waals surface area contributed by atoms with Crippen molar-refractivity contribution in [3.05, 3.63) is 102 Å². The third-order valence-electron chi connectivity index (χ3n) is 5.98. The number of unbranched alkanes of at least 4 members (excludes halogenated alkanes) is 2. The molecule has 1 aliphatic heterocycles. The van der Waals surface area contributed by atoms with E-state index in [1.165, 1.54) is 0 Å². The van der Waals surface area contributed by atoms with Gasteiger partial charge in [0, 0.05) is 13.0 Å². The number of Topliss-reactive ketones (excluding diaryl/α,β-unsaturated/α-hetero) is 1. The van der Waals surface area contributed by atoms with E-state index in [1.54, 1.807) is 4.90 Å². The molecule has 2 N–H and O–H groups in total. The van der Waals surface area contributed by atoms with Gasteiger partial charge >= 0.3 is 0 Å². The van der Waals surface area contributed by atoms with Crippen LogP contribution in [0.1, 0.15) is 36.8 Å². The van der Waals surface area contributed by atoms with E-state index in [-0.39, 0.29) is 24.3 Å². The first kappa shape index (κ1) is 23.2. The Morgan fingerprint density at radius 1 is 0.824 bits per heavy atom. The van der Waals surface area contributed by atoms with Gasteiger partial charge in [-0.1, -0.05) is 85.3 Å². The Labute approximate surface area is 200 Å². The van der Waals surface area contributed by atoms with Crippen molar-refractivity contribution in [2.45, 2.75) is 31.2 Å². The van der Waals surface area contributed by atoms with Crippen LogP contribution in [0, 0.1) is 0 Å². The summed E-state index contributed by atoms with van der Waals surface area (Å²) < 4.78 is 5.51. The maximum Gasteiger partial charge on any atom is 0.266 e. The Hall–Kier alpha value is -3.93. The molecule has 0 fully saturated rings. The highest BCUT2D eigenvalue weighted by Crippen LogP contribution is 2.39. The van der Waals surface area contributed by atoms with Crippen molar-refractivity contribution in [2.24, 2.45) is 10.7 Å². The minimum atomic E-state index is -1.17. The quantitative estimate of drug-likeness (QED) is 0.437. The standard InChI is InChI=1S/C28H29N3O3/c29-27-30-28(22-13-5-1-6-14-22,23-15-7-2-8-16-23)26(33)31(27)20-12-4-9-17-24(32)21-34-25-18-10-3-11-19-25/h1-3,5-8,10-11,13-16,18-19H,4,9,12,17,20-21H2,(H2,29,30). The number of hydrogen-bond acceptors (Lipinski definition) is 5. The van der Waals surface area contributed by atoms with Gasteiger partial charge in [0.25, 0.3) is 5.91 Å². The fourth-order valence-electron chi connectivity index (χ4n) is 4.22. The summed E-state index contributed by atoms with van der Waals surface area (Å²) >= 11 is 0. The van der Waals surface area contributed by atoms with Crippen LogP contribution < -0.4 is 10.5 Å². The number of para-hydroxylation sites is 1. The van der Waals surface area contributed by atoms with Crippen molar-refractivity contribution in [1.82, 2.24) is 4.90 Å². The zero-order valence-corrected chi connectivity index (χ0v) is 19.1. The number of amides is 1. The molecule has 3 aromatic rings. The zero-order valence-electron chi connectivity index (χ0n) is 19.1. The monoisotopic (exact) mass is 455 g/mol. The zero-order chi connectivity index (χ0) is 23.8. The average molecular weight is 456 g/mol. The van der Waals surface area contributed by atoms with Crippen LogP contribution in [0.25, 0.3) is 0 Å². The second kappa shape index (κ2) is 10.8. The van der Waals surface area contributed by atoms with Crippen LogP contribution in [0.2, 0.25) is 0 Å². The minimum absolute atomic E-state index is 0.0642. The molecule has 6 nitrogen and oxygen atoms in total. The predicted octanol–water partition coefficient (Wildman–Crippen LogP) is 4.30. The van der Waals surface area contributed by atoms with Gasteiger partial charge in [0.2, 0.25) is 0 Å². The SMILES string of the molecule is NC1=NC(c2ccccc2)(c2ccccc2)C(=O)N1CCCCCC(=O)COc1ccccc1. The molecule has 0 spiro atoms.